The SMILES string of the molecule is C=CCC(CCCCCCCCC)OCCOC(C)=O. The standard InChI is InChI=1S/C17H32O3/c1-4-6-7-8-9-10-11-13-17(12-5-2)20-15-14-19-16(3)18/h5,17H,2,4,6-15H2,1,3H3. The van der Waals surface area contributed by atoms with Crippen LogP contribution in [0.2, 0.25) is 0 Å². The molecular weight excluding hydrogens is 252 g/mol. The van der Waals surface area contributed by atoms with Gasteiger partial charge in [-0.2, -0.15) is 0 Å². The Morgan fingerprint density at radius 2 is 1.75 bits per heavy atom. The maximum Gasteiger partial charge on any atom is 0.302 e. The Morgan fingerprint density at radius 3 is 2.35 bits per heavy atom. The largest absolute Gasteiger partial charge is 0.463 e. The summed E-state index contributed by atoms with van der Waals surface area (Å²) in [5.41, 5.74) is 0. The molecule has 0 heterocycles. The second kappa shape index (κ2) is 14.6. The third-order valence-corrected chi connectivity index (χ3v) is 3.30. The fraction of sp³-hybridized carbons (Fsp3) is 0.824. The van der Waals surface area contributed by atoms with Crippen LogP contribution < -0.4 is 0 Å². The molecule has 0 bridgehead atoms. The fourth-order valence-corrected chi connectivity index (χ4v) is 2.18. The first-order valence-electron chi connectivity index (χ1n) is 8.06. The Labute approximate surface area is 124 Å². The van der Waals surface area contributed by atoms with Crippen LogP contribution in [0, 0.1) is 0 Å². The quantitative estimate of drug-likeness (QED) is 0.264. The van der Waals surface area contributed by atoms with Crippen LogP contribution in [0.3, 0.4) is 0 Å². The number of esters is 1. The molecule has 0 aromatic heterocycles. The van der Waals surface area contributed by atoms with Gasteiger partial charge in [0.15, 0.2) is 0 Å². The van der Waals surface area contributed by atoms with Gasteiger partial charge < -0.3 is 9.47 Å². The normalized spacial score (nSPS) is 12.1. The van der Waals surface area contributed by atoms with Gasteiger partial charge in [-0.15, -0.1) is 6.58 Å². The summed E-state index contributed by atoms with van der Waals surface area (Å²) in [7, 11) is 0. The van der Waals surface area contributed by atoms with Crippen molar-refractivity contribution in [3.63, 3.8) is 0 Å². The second-order valence-corrected chi connectivity index (χ2v) is 5.27. The van der Waals surface area contributed by atoms with E-state index in [0.717, 1.165) is 12.8 Å². The maximum absolute atomic E-state index is 10.6. The van der Waals surface area contributed by atoms with Crippen LogP contribution in [0.25, 0.3) is 0 Å². The van der Waals surface area contributed by atoms with Gasteiger partial charge in [-0.05, 0) is 12.8 Å². The van der Waals surface area contributed by atoms with Crippen molar-refractivity contribution < 1.29 is 14.3 Å². The van der Waals surface area contributed by atoms with Crippen LogP contribution in [0.1, 0.15) is 71.6 Å². The minimum Gasteiger partial charge on any atom is -0.463 e. The molecule has 20 heavy (non-hydrogen) atoms. The van der Waals surface area contributed by atoms with Gasteiger partial charge in [0.05, 0.1) is 12.7 Å². The zero-order valence-electron chi connectivity index (χ0n) is 13.4. The third kappa shape index (κ3) is 13.6. The second-order valence-electron chi connectivity index (χ2n) is 5.27. The van der Waals surface area contributed by atoms with Crippen LogP contribution in [-0.2, 0) is 14.3 Å². The van der Waals surface area contributed by atoms with Crippen molar-refractivity contribution in [2.24, 2.45) is 0 Å². The highest BCUT2D eigenvalue weighted by atomic mass is 16.6. The Bertz CT molecular complexity index is 238. The molecule has 0 aromatic rings. The van der Waals surface area contributed by atoms with E-state index in [1.807, 2.05) is 6.08 Å². The van der Waals surface area contributed by atoms with Crippen molar-refractivity contribution in [1.29, 1.82) is 0 Å². The molecule has 0 fully saturated rings. The maximum atomic E-state index is 10.6. The Balaban J connectivity index is 3.53. The number of rotatable bonds is 14. The molecule has 0 aromatic carbocycles. The molecule has 0 aliphatic rings. The molecule has 0 aliphatic carbocycles. The first-order valence-corrected chi connectivity index (χ1v) is 8.06. The van der Waals surface area contributed by atoms with Crippen molar-refractivity contribution in [3.8, 4) is 0 Å². The third-order valence-electron chi connectivity index (χ3n) is 3.30. The molecule has 0 saturated heterocycles. The minimum absolute atomic E-state index is 0.221. The lowest BCUT2D eigenvalue weighted by Crippen LogP contribution is -2.16. The van der Waals surface area contributed by atoms with E-state index in [4.69, 9.17) is 9.47 Å². The molecule has 3 nitrogen and oxygen atoms in total. The van der Waals surface area contributed by atoms with E-state index >= 15 is 0 Å². The molecule has 0 N–H and O–H groups in total. The van der Waals surface area contributed by atoms with Gasteiger partial charge >= 0.3 is 5.97 Å². The lowest BCUT2D eigenvalue weighted by Gasteiger charge is -2.16. The predicted molar refractivity (Wildman–Crippen MR) is 83.8 cm³/mol. The highest BCUT2D eigenvalue weighted by Crippen LogP contribution is 2.13. The molecule has 0 saturated carbocycles. The lowest BCUT2D eigenvalue weighted by molar-refractivity contribution is -0.143. The molecule has 0 rings (SSSR count). The first-order chi connectivity index (χ1) is 9.70. The Morgan fingerprint density at radius 1 is 1.10 bits per heavy atom. The van der Waals surface area contributed by atoms with Crippen molar-refractivity contribution in [2.45, 2.75) is 77.7 Å². The van der Waals surface area contributed by atoms with Crippen molar-refractivity contribution >= 4 is 5.97 Å². The van der Waals surface area contributed by atoms with E-state index in [1.165, 1.54) is 51.9 Å². The summed E-state index contributed by atoms with van der Waals surface area (Å²) in [6.07, 6.45) is 13.3. The van der Waals surface area contributed by atoms with E-state index in [0.29, 0.717) is 13.2 Å². The molecule has 118 valence electrons. The first kappa shape index (κ1) is 19.2. The van der Waals surface area contributed by atoms with Crippen molar-refractivity contribution in [1.82, 2.24) is 0 Å². The van der Waals surface area contributed by atoms with Gasteiger partial charge in [-0.3, -0.25) is 4.79 Å². The summed E-state index contributed by atoms with van der Waals surface area (Å²) in [6, 6.07) is 0. The minimum atomic E-state index is -0.249. The molecule has 1 unspecified atom stereocenters. The van der Waals surface area contributed by atoms with Crippen LogP contribution in [0.5, 0.6) is 0 Å². The number of hydrogen-bond donors (Lipinski definition) is 0. The summed E-state index contributed by atoms with van der Waals surface area (Å²) in [4.78, 5) is 10.6. The summed E-state index contributed by atoms with van der Waals surface area (Å²) in [5, 5.41) is 0. The van der Waals surface area contributed by atoms with Crippen LogP contribution in [0.4, 0.5) is 0 Å². The van der Waals surface area contributed by atoms with Gasteiger partial charge in [0.25, 0.3) is 0 Å². The highest BCUT2D eigenvalue weighted by Gasteiger charge is 2.07. The topological polar surface area (TPSA) is 35.5 Å². The molecule has 0 amide bonds. The van der Waals surface area contributed by atoms with Gasteiger partial charge in [-0.25, -0.2) is 0 Å². The van der Waals surface area contributed by atoms with Crippen molar-refractivity contribution in [2.75, 3.05) is 13.2 Å². The van der Waals surface area contributed by atoms with E-state index in [-0.39, 0.29) is 12.1 Å². The Kier molecular flexibility index (Phi) is 14.0. The summed E-state index contributed by atoms with van der Waals surface area (Å²) >= 11 is 0. The number of carbonyl (C=O) groups excluding carboxylic acids is 1. The van der Waals surface area contributed by atoms with E-state index < -0.39 is 0 Å². The summed E-state index contributed by atoms with van der Waals surface area (Å²) < 4.78 is 10.6. The zero-order valence-corrected chi connectivity index (χ0v) is 13.4. The monoisotopic (exact) mass is 284 g/mol. The van der Waals surface area contributed by atoms with Gasteiger partial charge in [0, 0.05) is 6.92 Å². The van der Waals surface area contributed by atoms with Gasteiger partial charge in [0.2, 0.25) is 0 Å². The highest BCUT2D eigenvalue weighted by molar-refractivity contribution is 5.65. The number of unbranched alkanes of at least 4 members (excludes halogenated alkanes) is 6. The summed E-state index contributed by atoms with van der Waals surface area (Å²) in [6.45, 7) is 8.26. The zero-order chi connectivity index (χ0) is 15.1. The Hall–Kier alpha value is -0.830. The average Bonchev–Trinajstić information content (AvgIpc) is 2.42. The smallest absolute Gasteiger partial charge is 0.302 e. The van der Waals surface area contributed by atoms with E-state index in [9.17, 15) is 4.79 Å². The fourth-order valence-electron chi connectivity index (χ4n) is 2.18. The van der Waals surface area contributed by atoms with Gasteiger partial charge in [-0.1, -0.05) is 57.9 Å². The summed E-state index contributed by atoms with van der Waals surface area (Å²) in [5.74, 6) is -0.249. The molecule has 0 spiro atoms. The molecule has 0 aliphatic heterocycles. The number of hydrogen-bond acceptors (Lipinski definition) is 3. The average molecular weight is 284 g/mol. The van der Waals surface area contributed by atoms with E-state index in [1.54, 1.807) is 0 Å². The van der Waals surface area contributed by atoms with E-state index in [2.05, 4.69) is 13.5 Å². The molecular formula is C17H32O3. The lowest BCUT2D eigenvalue weighted by atomic mass is 10.0. The number of ether oxygens (including phenoxy) is 2. The van der Waals surface area contributed by atoms with Crippen LogP contribution in [0.15, 0.2) is 12.7 Å². The molecule has 0 radical (unpaired) electrons. The molecule has 1 atom stereocenters. The number of carbonyl (C=O) groups is 1. The van der Waals surface area contributed by atoms with Gasteiger partial charge in [0.1, 0.15) is 6.61 Å². The van der Waals surface area contributed by atoms with Crippen LogP contribution >= 0.6 is 0 Å². The predicted octanol–water partition coefficient (Wildman–Crippen LogP) is 4.65. The van der Waals surface area contributed by atoms with Crippen molar-refractivity contribution in [3.05, 3.63) is 12.7 Å². The molecule has 3 heteroatoms. The van der Waals surface area contributed by atoms with Crippen LogP contribution in [-0.4, -0.2) is 25.3 Å².